The van der Waals surface area contributed by atoms with E-state index in [4.69, 9.17) is 0 Å². The molecule has 0 saturated heterocycles. The lowest BCUT2D eigenvalue weighted by Crippen LogP contribution is -2.15. The van der Waals surface area contributed by atoms with E-state index in [0.29, 0.717) is 0 Å². The van der Waals surface area contributed by atoms with Crippen molar-refractivity contribution in [3.63, 3.8) is 0 Å². The molecule has 1 unspecified atom stereocenters. The van der Waals surface area contributed by atoms with Crippen LogP contribution in [0.2, 0.25) is 0 Å². The minimum Gasteiger partial charge on any atom is -0.410 e. The van der Waals surface area contributed by atoms with Gasteiger partial charge in [-0.1, -0.05) is 6.08 Å². The first-order chi connectivity index (χ1) is 8.04. The Kier molecular flexibility index (Phi) is 3.17. The van der Waals surface area contributed by atoms with Crippen LogP contribution in [0.15, 0.2) is 42.4 Å². The predicted molar refractivity (Wildman–Crippen MR) is 54.6 cm³/mol. The van der Waals surface area contributed by atoms with Crippen molar-refractivity contribution in [1.29, 1.82) is 0 Å². The Balaban J connectivity index is 2.08. The number of hydrogen-bond acceptors (Lipinski definition) is 2. The van der Waals surface area contributed by atoms with E-state index in [-0.39, 0.29) is 18.1 Å². The summed E-state index contributed by atoms with van der Waals surface area (Å²) in [6.07, 6.45) is 4.42. The number of hydrogen-bond donors (Lipinski definition) is 0. The highest BCUT2D eigenvalue weighted by Crippen LogP contribution is 2.31. The zero-order valence-corrected chi connectivity index (χ0v) is 8.74. The molecule has 1 aliphatic rings. The molecule has 0 fully saturated rings. The van der Waals surface area contributed by atoms with Gasteiger partial charge in [0.25, 0.3) is 0 Å². The molecule has 0 N–H and O–H groups in total. The summed E-state index contributed by atoms with van der Waals surface area (Å²) in [5.41, 5.74) is 0.868. The lowest BCUT2D eigenvalue weighted by Gasteiger charge is -2.19. The number of halogens is 3. The molecule has 1 aliphatic carbocycles. The van der Waals surface area contributed by atoms with Gasteiger partial charge in [-0.05, 0) is 29.8 Å². The van der Waals surface area contributed by atoms with E-state index < -0.39 is 6.36 Å². The van der Waals surface area contributed by atoms with E-state index in [2.05, 4.69) is 15.8 Å². The lowest BCUT2D eigenvalue weighted by molar-refractivity contribution is -0.306. The molecule has 1 aromatic heterocycles. The Labute approximate surface area is 96.4 Å². The molecule has 5 heteroatoms. The first kappa shape index (κ1) is 11.7. The van der Waals surface area contributed by atoms with E-state index in [1.54, 1.807) is 24.5 Å². The molecule has 0 spiro atoms. The highest BCUT2D eigenvalue weighted by atomic mass is 19.4. The molecule has 0 saturated carbocycles. The number of aromatic nitrogens is 1. The van der Waals surface area contributed by atoms with Crippen molar-refractivity contribution >= 4 is 0 Å². The van der Waals surface area contributed by atoms with E-state index in [1.165, 1.54) is 12.2 Å². The van der Waals surface area contributed by atoms with Gasteiger partial charge in [0, 0.05) is 24.7 Å². The Hall–Kier alpha value is -1.78. The van der Waals surface area contributed by atoms with Gasteiger partial charge < -0.3 is 4.74 Å². The molecule has 2 rings (SSSR count). The molecule has 0 bridgehead atoms. The lowest BCUT2D eigenvalue weighted by atomic mass is 9.92. The zero-order chi connectivity index (χ0) is 12.3. The van der Waals surface area contributed by atoms with Crippen LogP contribution in [0.1, 0.15) is 17.9 Å². The fourth-order valence-corrected chi connectivity index (χ4v) is 1.62. The Morgan fingerprint density at radius 2 is 2.00 bits per heavy atom. The molecule has 2 nitrogen and oxygen atoms in total. The van der Waals surface area contributed by atoms with Crippen LogP contribution in [0, 0.1) is 6.08 Å². The molecule has 1 radical (unpaired) electrons. The summed E-state index contributed by atoms with van der Waals surface area (Å²) in [4.78, 5) is 3.85. The topological polar surface area (TPSA) is 22.1 Å². The monoisotopic (exact) mass is 240 g/mol. The summed E-state index contributed by atoms with van der Waals surface area (Å²) < 4.78 is 40.1. The van der Waals surface area contributed by atoms with Crippen molar-refractivity contribution in [2.24, 2.45) is 0 Å². The minimum atomic E-state index is -4.64. The zero-order valence-electron chi connectivity index (χ0n) is 8.74. The largest absolute Gasteiger partial charge is 0.572 e. The molecular formula is C12H9F3NO. The number of allylic oxidation sites excluding steroid dienone is 4. The van der Waals surface area contributed by atoms with Gasteiger partial charge in [-0.15, -0.1) is 13.2 Å². The van der Waals surface area contributed by atoms with E-state index in [9.17, 15) is 13.2 Å². The van der Waals surface area contributed by atoms with Crippen LogP contribution in [0.4, 0.5) is 13.2 Å². The maximum Gasteiger partial charge on any atom is 0.572 e. The van der Waals surface area contributed by atoms with Crippen LogP contribution in [0.3, 0.4) is 0 Å². The third-order valence-electron chi connectivity index (χ3n) is 2.33. The highest BCUT2D eigenvalue weighted by molar-refractivity contribution is 5.26. The summed E-state index contributed by atoms with van der Waals surface area (Å²) >= 11 is 0. The smallest absolute Gasteiger partial charge is 0.410 e. The second kappa shape index (κ2) is 4.61. The van der Waals surface area contributed by atoms with Gasteiger partial charge in [0.05, 0.1) is 0 Å². The van der Waals surface area contributed by atoms with Crippen LogP contribution in [0.25, 0.3) is 0 Å². The van der Waals surface area contributed by atoms with Crippen molar-refractivity contribution in [1.82, 2.24) is 4.98 Å². The van der Waals surface area contributed by atoms with Crippen LogP contribution < -0.4 is 0 Å². The Bertz CT molecular complexity index is 437. The van der Waals surface area contributed by atoms with Gasteiger partial charge in [0.1, 0.15) is 5.76 Å². The van der Waals surface area contributed by atoms with E-state index in [0.717, 1.165) is 5.56 Å². The summed E-state index contributed by atoms with van der Waals surface area (Å²) in [5.74, 6) is -0.321. The highest BCUT2D eigenvalue weighted by Gasteiger charge is 2.33. The molecule has 1 atom stereocenters. The molecule has 0 aromatic carbocycles. The third kappa shape index (κ3) is 3.34. The first-order valence-electron chi connectivity index (χ1n) is 4.99. The summed E-state index contributed by atoms with van der Waals surface area (Å²) in [6.45, 7) is 0. The van der Waals surface area contributed by atoms with Gasteiger partial charge in [-0.3, -0.25) is 4.98 Å². The second-order valence-electron chi connectivity index (χ2n) is 3.55. The average molecular weight is 240 g/mol. The van der Waals surface area contributed by atoms with E-state index >= 15 is 0 Å². The molecule has 0 amide bonds. The van der Waals surface area contributed by atoms with Crippen LogP contribution >= 0.6 is 0 Å². The molecular weight excluding hydrogens is 231 g/mol. The van der Waals surface area contributed by atoms with Gasteiger partial charge in [-0.25, -0.2) is 0 Å². The fraction of sp³-hybridized carbons (Fsp3) is 0.250. The Morgan fingerprint density at radius 1 is 1.29 bits per heavy atom. The molecule has 0 aliphatic heterocycles. The minimum absolute atomic E-state index is 0.0990. The third-order valence-corrected chi connectivity index (χ3v) is 2.33. The molecule has 1 aromatic rings. The fourth-order valence-electron chi connectivity index (χ4n) is 1.62. The standard InChI is InChI=1S/C12H9F3NO/c13-12(14,15)17-11-3-1-2-10(8-11)9-4-6-16-7-5-9/h1,3-7,10H,8H2. The van der Waals surface area contributed by atoms with Gasteiger partial charge in [-0.2, -0.15) is 0 Å². The average Bonchev–Trinajstić information content (AvgIpc) is 2.28. The SMILES string of the molecule is FC(F)(F)OC1=CC=[C]C(c2ccncc2)C1. The van der Waals surface area contributed by atoms with Crippen molar-refractivity contribution in [2.45, 2.75) is 18.7 Å². The van der Waals surface area contributed by atoms with Crippen molar-refractivity contribution < 1.29 is 17.9 Å². The number of pyridine rings is 1. The van der Waals surface area contributed by atoms with Crippen LogP contribution in [-0.4, -0.2) is 11.3 Å². The molecule has 17 heavy (non-hydrogen) atoms. The summed E-state index contributed by atoms with van der Waals surface area (Å²) in [5, 5.41) is 0. The second-order valence-corrected chi connectivity index (χ2v) is 3.55. The Morgan fingerprint density at radius 3 is 2.65 bits per heavy atom. The van der Waals surface area contributed by atoms with Crippen molar-refractivity contribution in [3.05, 3.63) is 54.1 Å². The van der Waals surface area contributed by atoms with Crippen molar-refractivity contribution in [3.8, 4) is 0 Å². The molecule has 89 valence electrons. The quantitative estimate of drug-likeness (QED) is 0.790. The van der Waals surface area contributed by atoms with Crippen LogP contribution in [0.5, 0.6) is 0 Å². The van der Waals surface area contributed by atoms with Crippen molar-refractivity contribution in [2.75, 3.05) is 0 Å². The summed E-state index contributed by atoms with van der Waals surface area (Å²) in [6, 6.07) is 3.50. The predicted octanol–water partition coefficient (Wildman–Crippen LogP) is 3.35. The maximum atomic E-state index is 12.1. The van der Waals surface area contributed by atoms with E-state index in [1.807, 2.05) is 0 Å². The van der Waals surface area contributed by atoms with Gasteiger partial charge >= 0.3 is 6.36 Å². The van der Waals surface area contributed by atoms with Gasteiger partial charge in [0.15, 0.2) is 0 Å². The maximum absolute atomic E-state index is 12.1. The number of alkyl halides is 3. The van der Waals surface area contributed by atoms with Crippen LogP contribution in [-0.2, 0) is 4.74 Å². The number of ether oxygens (including phenoxy) is 1. The van der Waals surface area contributed by atoms with Gasteiger partial charge in [0.2, 0.25) is 0 Å². The first-order valence-corrected chi connectivity index (χ1v) is 4.99. The number of nitrogens with zero attached hydrogens (tertiary/aromatic N) is 1. The summed E-state index contributed by atoms with van der Waals surface area (Å²) in [7, 11) is 0. The number of rotatable bonds is 2. The normalized spacial score (nSPS) is 19.9. The molecule has 1 heterocycles.